The third-order valence-corrected chi connectivity index (χ3v) is 6.19. The standard InChI is InChI=1S/C30H22Cl2N2O3/c31-23-14-10-21(11-15-23)28(37-30(35)22-12-16-24(32)17-13-22)20-29-33-26-8-4-5-9-27(26)34(29)18-19-36-25-6-2-1-3-7-25/h1-17,20H,18-19H2/b28-20+. The lowest BCUT2D eigenvalue weighted by atomic mass is 10.1. The Bertz CT molecular complexity index is 1540. The summed E-state index contributed by atoms with van der Waals surface area (Å²) in [4.78, 5) is 17.8. The van der Waals surface area contributed by atoms with Crippen LogP contribution < -0.4 is 4.74 Å². The summed E-state index contributed by atoms with van der Waals surface area (Å²) in [5.74, 6) is 1.26. The molecule has 0 radical (unpaired) electrons. The van der Waals surface area contributed by atoms with E-state index in [1.54, 1.807) is 54.6 Å². The van der Waals surface area contributed by atoms with Gasteiger partial charge in [0.2, 0.25) is 0 Å². The van der Waals surface area contributed by atoms with Gasteiger partial charge in [-0.1, -0.05) is 53.5 Å². The smallest absolute Gasteiger partial charge is 0.343 e. The maximum Gasteiger partial charge on any atom is 0.343 e. The van der Waals surface area contributed by atoms with Crippen LogP contribution in [0, 0.1) is 0 Å². The van der Waals surface area contributed by atoms with Crippen LogP contribution in [0.2, 0.25) is 10.0 Å². The maximum atomic E-state index is 13.0. The Morgan fingerprint density at radius 3 is 2.11 bits per heavy atom. The van der Waals surface area contributed by atoms with Gasteiger partial charge in [0.1, 0.15) is 23.9 Å². The summed E-state index contributed by atoms with van der Waals surface area (Å²) in [5, 5.41) is 1.12. The Morgan fingerprint density at radius 1 is 0.784 bits per heavy atom. The molecule has 0 atom stereocenters. The predicted molar refractivity (Wildman–Crippen MR) is 148 cm³/mol. The van der Waals surface area contributed by atoms with Crippen LogP contribution in [-0.2, 0) is 11.3 Å². The van der Waals surface area contributed by atoms with Crippen molar-refractivity contribution in [1.82, 2.24) is 9.55 Å². The van der Waals surface area contributed by atoms with Crippen molar-refractivity contribution in [3.63, 3.8) is 0 Å². The average molecular weight is 529 g/mol. The molecule has 1 aromatic heterocycles. The summed E-state index contributed by atoms with van der Waals surface area (Å²) in [6.45, 7) is 0.978. The molecule has 0 amide bonds. The van der Waals surface area contributed by atoms with Crippen LogP contribution in [0.4, 0.5) is 0 Å². The minimum absolute atomic E-state index is 0.345. The molecule has 5 aromatic rings. The van der Waals surface area contributed by atoms with E-state index in [0.29, 0.717) is 45.9 Å². The summed E-state index contributed by atoms with van der Waals surface area (Å²) in [6, 6.07) is 31.2. The number of hydrogen-bond acceptors (Lipinski definition) is 4. The Labute approximate surface area is 224 Å². The SMILES string of the molecule is O=C(O/C(=C/c1nc2ccccc2n1CCOc1ccccc1)c1ccc(Cl)cc1)c1ccc(Cl)cc1. The first kappa shape index (κ1) is 24.6. The molecule has 0 saturated heterocycles. The molecule has 184 valence electrons. The van der Waals surface area contributed by atoms with Gasteiger partial charge >= 0.3 is 5.97 Å². The van der Waals surface area contributed by atoms with E-state index in [1.165, 1.54) is 0 Å². The second kappa shape index (κ2) is 11.3. The minimum Gasteiger partial charge on any atom is -0.492 e. The quantitative estimate of drug-likeness (QED) is 0.152. The summed E-state index contributed by atoms with van der Waals surface area (Å²) >= 11 is 12.1. The molecule has 0 spiro atoms. The van der Waals surface area contributed by atoms with Crippen LogP contribution in [0.3, 0.4) is 0 Å². The van der Waals surface area contributed by atoms with Gasteiger partial charge in [-0.25, -0.2) is 9.78 Å². The minimum atomic E-state index is -0.507. The number of fused-ring (bicyclic) bond motifs is 1. The van der Waals surface area contributed by atoms with E-state index in [1.807, 2.05) is 59.2 Å². The third kappa shape index (κ3) is 6.02. The molecule has 5 rings (SSSR count). The molecule has 0 aliphatic carbocycles. The highest BCUT2D eigenvalue weighted by atomic mass is 35.5. The first-order valence-corrected chi connectivity index (χ1v) is 12.4. The Balaban J connectivity index is 1.51. The number of ether oxygens (including phenoxy) is 2. The highest BCUT2D eigenvalue weighted by Gasteiger charge is 2.16. The van der Waals surface area contributed by atoms with Gasteiger partial charge in [-0.15, -0.1) is 0 Å². The van der Waals surface area contributed by atoms with Crippen molar-refractivity contribution in [3.8, 4) is 5.75 Å². The lowest BCUT2D eigenvalue weighted by Crippen LogP contribution is -2.10. The topological polar surface area (TPSA) is 53.3 Å². The predicted octanol–water partition coefficient (Wildman–Crippen LogP) is 7.78. The number of para-hydroxylation sites is 3. The third-order valence-electron chi connectivity index (χ3n) is 5.68. The van der Waals surface area contributed by atoms with Crippen molar-refractivity contribution >= 4 is 52.0 Å². The van der Waals surface area contributed by atoms with E-state index in [-0.39, 0.29) is 0 Å². The largest absolute Gasteiger partial charge is 0.492 e. The van der Waals surface area contributed by atoms with Crippen LogP contribution in [0.5, 0.6) is 5.75 Å². The Hall–Kier alpha value is -4.06. The van der Waals surface area contributed by atoms with Gasteiger partial charge in [-0.2, -0.15) is 0 Å². The highest BCUT2D eigenvalue weighted by molar-refractivity contribution is 6.31. The molecule has 4 aromatic carbocycles. The van der Waals surface area contributed by atoms with E-state index in [2.05, 4.69) is 0 Å². The van der Waals surface area contributed by atoms with Gasteiger partial charge < -0.3 is 14.0 Å². The van der Waals surface area contributed by atoms with Crippen LogP contribution >= 0.6 is 23.2 Å². The molecule has 1 heterocycles. The van der Waals surface area contributed by atoms with Gasteiger partial charge in [0.25, 0.3) is 0 Å². The van der Waals surface area contributed by atoms with E-state index in [9.17, 15) is 4.79 Å². The lowest BCUT2D eigenvalue weighted by molar-refractivity contribution is 0.0693. The van der Waals surface area contributed by atoms with Crippen molar-refractivity contribution in [2.45, 2.75) is 6.54 Å². The molecule has 0 N–H and O–H groups in total. The lowest BCUT2D eigenvalue weighted by Gasteiger charge is -2.12. The van der Waals surface area contributed by atoms with E-state index in [0.717, 1.165) is 16.8 Å². The van der Waals surface area contributed by atoms with E-state index >= 15 is 0 Å². The van der Waals surface area contributed by atoms with Crippen molar-refractivity contribution in [2.24, 2.45) is 0 Å². The number of halogens is 2. The summed E-state index contributed by atoms with van der Waals surface area (Å²) in [7, 11) is 0. The highest BCUT2D eigenvalue weighted by Crippen LogP contribution is 2.26. The number of carbonyl (C=O) groups is 1. The molecule has 0 aliphatic rings. The van der Waals surface area contributed by atoms with Crippen LogP contribution in [0.15, 0.2) is 103 Å². The number of imidazole rings is 1. The first-order valence-electron chi connectivity index (χ1n) is 11.7. The van der Waals surface area contributed by atoms with Crippen molar-refractivity contribution in [3.05, 3.63) is 130 Å². The molecular weight excluding hydrogens is 507 g/mol. The molecule has 7 heteroatoms. The molecule has 0 unspecified atom stereocenters. The maximum absolute atomic E-state index is 13.0. The monoisotopic (exact) mass is 528 g/mol. The summed E-state index contributed by atoms with van der Waals surface area (Å²) < 4.78 is 13.9. The van der Waals surface area contributed by atoms with Crippen molar-refractivity contribution in [1.29, 1.82) is 0 Å². The van der Waals surface area contributed by atoms with Gasteiger partial charge in [0.05, 0.1) is 23.1 Å². The molecule has 0 fully saturated rings. The van der Waals surface area contributed by atoms with Gasteiger partial charge in [0.15, 0.2) is 0 Å². The van der Waals surface area contributed by atoms with E-state index in [4.69, 9.17) is 37.7 Å². The summed E-state index contributed by atoms with van der Waals surface area (Å²) in [5.41, 5.74) is 2.85. The van der Waals surface area contributed by atoms with Crippen LogP contribution in [0.25, 0.3) is 22.9 Å². The van der Waals surface area contributed by atoms with Crippen LogP contribution in [0.1, 0.15) is 21.7 Å². The van der Waals surface area contributed by atoms with Crippen molar-refractivity contribution < 1.29 is 14.3 Å². The number of benzene rings is 4. The van der Waals surface area contributed by atoms with Crippen molar-refractivity contribution in [2.75, 3.05) is 6.61 Å². The number of nitrogens with zero attached hydrogens (tertiary/aromatic N) is 2. The number of aromatic nitrogens is 2. The van der Waals surface area contributed by atoms with E-state index < -0.39 is 5.97 Å². The number of carbonyl (C=O) groups excluding carboxylic acids is 1. The molecule has 5 nitrogen and oxygen atoms in total. The molecular formula is C30H22Cl2N2O3. The number of rotatable bonds is 8. The zero-order valence-electron chi connectivity index (χ0n) is 19.7. The zero-order chi connectivity index (χ0) is 25.6. The Kier molecular flexibility index (Phi) is 7.54. The molecule has 0 saturated carbocycles. The van der Waals surface area contributed by atoms with Gasteiger partial charge in [-0.3, -0.25) is 0 Å². The fourth-order valence-corrected chi connectivity index (χ4v) is 4.11. The number of hydrogen-bond donors (Lipinski definition) is 0. The second-order valence-electron chi connectivity index (χ2n) is 8.18. The summed E-state index contributed by atoms with van der Waals surface area (Å²) in [6.07, 6.45) is 1.76. The normalized spacial score (nSPS) is 11.5. The fourth-order valence-electron chi connectivity index (χ4n) is 3.86. The van der Waals surface area contributed by atoms with Crippen LogP contribution in [-0.4, -0.2) is 22.1 Å². The van der Waals surface area contributed by atoms with Gasteiger partial charge in [-0.05, 0) is 72.8 Å². The molecule has 37 heavy (non-hydrogen) atoms. The first-order chi connectivity index (χ1) is 18.1. The molecule has 0 bridgehead atoms. The van der Waals surface area contributed by atoms with Gasteiger partial charge in [0, 0.05) is 21.7 Å². The molecule has 0 aliphatic heterocycles. The fraction of sp³-hybridized carbons (Fsp3) is 0.0667. The zero-order valence-corrected chi connectivity index (χ0v) is 21.2. The second-order valence-corrected chi connectivity index (χ2v) is 9.06. The number of esters is 1. The Morgan fingerprint density at radius 2 is 1.41 bits per heavy atom. The average Bonchev–Trinajstić information content (AvgIpc) is 3.26.